The summed E-state index contributed by atoms with van der Waals surface area (Å²) in [6, 6.07) is 5.06. The molecule has 0 saturated carbocycles. The van der Waals surface area contributed by atoms with E-state index in [4.69, 9.17) is 11.6 Å². The monoisotopic (exact) mass is 298 g/mol. The molecule has 0 bridgehead atoms. The molecule has 1 heterocycles. The molecule has 1 fully saturated rings. The molecule has 0 amide bonds. The number of rotatable bonds is 4. The molecule has 1 aliphatic heterocycles. The minimum absolute atomic E-state index is 0.0560. The molecule has 110 valence electrons. The van der Waals surface area contributed by atoms with Gasteiger partial charge in [0.2, 0.25) is 0 Å². The number of hydrogen-bond acceptors (Lipinski definition) is 4. The largest absolute Gasteiger partial charge is 0.395 e. The summed E-state index contributed by atoms with van der Waals surface area (Å²) in [6.45, 7) is 1.67. The zero-order valence-electron chi connectivity index (χ0n) is 11.3. The van der Waals surface area contributed by atoms with Crippen LogP contribution in [0.3, 0.4) is 0 Å². The molecule has 5 nitrogen and oxygen atoms in total. The maximum absolute atomic E-state index is 10.9. The van der Waals surface area contributed by atoms with Crippen LogP contribution in [0.15, 0.2) is 18.2 Å². The van der Waals surface area contributed by atoms with Crippen LogP contribution in [-0.4, -0.2) is 34.1 Å². The third-order valence-electron chi connectivity index (χ3n) is 3.80. The second-order valence-corrected chi connectivity index (χ2v) is 5.61. The van der Waals surface area contributed by atoms with Gasteiger partial charge in [-0.05, 0) is 31.0 Å². The molecular formula is C14H19ClN2O3. The normalized spacial score (nSPS) is 20.6. The van der Waals surface area contributed by atoms with E-state index < -0.39 is 4.92 Å². The Hall–Kier alpha value is -1.17. The summed E-state index contributed by atoms with van der Waals surface area (Å²) in [5, 5.41) is 20.6. The van der Waals surface area contributed by atoms with Gasteiger partial charge in [-0.15, -0.1) is 0 Å². The van der Waals surface area contributed by atoms with Gasteiger partial charge in [0.15, 0.2) is 0 Å². The molecule has 0 spiro atoms. The van der Waals surface area contributed by atoms with Crippen molar-refractivity contribution in [3.05, 3.63) is 38.9 Å². The summed E-state index contributed by atoms with van der Waals surface area (Å²) in [4.78, 5) is 12.7. The Morgan fingerprint density at radius 2 is 2.20 bits per heavy atom. The van der Waals surface area contributed by atoms with Gasteiger partial charge in [0.05, 0.1) is 11.5 Å². The predicted molar refractivity (Wildman–Crippen MR) is 77.9 cm³/mol. The van der Waals surface area contributed by atoms with Gasteiger partial charge in [0, 0.05) is 18.7 Å². The smallest absolute Gasteiger partial charge is 0.288 e. The summed E-state index contributed by atoms with van der Waals surface area (Å²) < 4.78 is 0. The summed E-state index contributed by atoms with van der Waals surface area (Å²) >= 11 is 5.82. The third kappa shape index (κ3) is 3.69. The number of aliphatic hydroxyl groups excluding tert-OH is 1. The van der Waals surface area contributed by atoms with Crippen LogP contribution in [0.1, 0.15) is 31.2 Å². The SMILES string of the molecule is O=[N+]([O-])c1cc(CN2CCCCCC2CO)ccc1Cl. The van der Waals surface area contributed by atoms with E-state index in [-0.39, 0.29) is 23.4 Å². The van der Waals surface area contributed by atoms with Gasteiger partial charge in [0.25, 0.3) is 5.69 Å². The highest BCUT2D eigenvalue weighted by atomic mass is 35.5. The van der Waals surface area contributed by atoms with E-state index in [1.807, 2.05) is 6.07 Å². The lowest BCUT2D eigenvalue weighted by molar-refractivity contribution is -0.384. The van der Waals surface area contributed by atoms with Crippen molar-refractivity contribution in [2.75, 3.05) is 13.2 Å². The van der Waals surface area contributed by atoms with Gasteiger partial charge in [0.1, 0.15) is 5.02 Å². The standard InChI is InChI=1S/C14H19ClN2O3/c15-13-6-5-11(8-14(13)17(19)20)9-16-7-3-1-2-4-12(16)10-18/h5-6,8,12,18H,1-4,7,9-10H2. The quantitative estimate of drug-likeness (QED) is 0.685. The van der Waals surface area contributed by atoms with E-state index in [1.54, 1.807) is 6.07 Å². The fourth-order valence-corrected chi connectivity index (χ4v) is 2.87. The van der Waals surface area contributed by atoms with Crippen LogP contribution in [0.5, 0.6) is 0 Å². The van der Waals surface area contributed by atoms with Crippen LogP contribution in [0.25, 0.3) is 0 Å². The predicted octanol–water partition coefficient (Wildman–Crippen LogP) is 2.99. The average molecular weight is 299 g/mol. The molecule has 2 rings (SSSR count). The van der Waals surface area contributed by atoms with Crippen molar-refractivity contribution in [3.63, 3.8) is 0 Å². The second kappa shape index (κ2) is 7.02. The molecule has 1 unspecified atom stereocenters. The Bertz CT molecular complexity index is 481. The second-order valence-electron chi connectivity index (χ2n) is 5.20. The molecule has 6 heteroatoms. The lowest BCUT2D eigenvalue weighted by Gasteiger charge is -2.28. The summed E-state index contributed by atoms with van der Waals surface area (Å²) in [5.74, 6) is 0. The molecule has 1 aromatic carbocycles. The minimum Gasteiger partial charge on any atom is -0.395 e. The summed E-state index contributed by atoms with van der Waals surface area (Å²) in [5.41, 5.74) is 0.806. The minimum atomic E-state index is -0.461. The van der Waals surface area contributed by atoms with Gasteiger partial charge in [-0.2, -0.15) is 0 Å². The molecule has 1 saturated heterocycles. The van der Waals surface area contributed by atoms with E-state index in [2.05, 4.69) is 4.90 Å². The highest BCUT2D eigenvalue weighted by Crippen LogP contribution is 2.27. The number of nitro groups is 1. The van der Waals surface area contributed by atoms with Gasteiger partial charge in [-0.25, -0.2) is 0 Å². The van der Waals surface area contributed by atoms with Crippen molar-refractivity contribution < 1.29 is 10.0 Å². The van der Waals surface area contributed by atoms with Crippen molar-refractivity contribution >= 4 is 17.3 Å². The number of likely N-dealkylation sites (tertiary alicyclic amines) is 1. The highest BCUT2D eigenvalue weighted by Gasteiger charge is 2.21. The third-order valence-corrected chi connectivity index (χ3v) is 4.12. The fraction of sp³-hybridized carbons (Fsp3) is 0.571. The van der Waals surface area contributed by atoms with E-state index in [9.17, 15) is 15.2 Å². The molecule has 1 aromatic rings. The molecular weight excluding hydrogens is 280 g/mol. The van der Waals surface area contributed by atoms with Crippen LogP contribution in [0.4, 0.5) is 5.69 Å². The molecule has 1 atom stereocenters. The molecule has 1 aliphatic rings. The fourth-order valence-electron chi connectivity index (χ4n) is 2.68. The van der Waals surface area contributed by atoms with Crippen molar-refractivity contribution in [1.82, 2.24) is 4.90 Å². The van der Waals surface area contributed by atoms with Gasteiger partial charge >= 0.3 is 0 Å². The highest BCUT2D eigenvalue weighted by molar-refractivity contribution is 6.32. The maximum Gasteiger partial charge on any atom is 0.288 e. The number of halogens is 1. The van der Waals surface area contributed by atoms with E-state index >= 15 is 0 Å². The maximum atomic E-state index is 10.9. The first-order chi connectivity index (χ1) is 9.61. The Morgan fingerprint density at radius 1 is 1.40 bits per heavy atom. The molecule has 0 aliphatic carbocycles. The van der Waals surface area contributed by atoms with E-state index in [0.29, 0.717) is 6.54 Å². The molecule has 0 radical (unpaired) electrons. The number of aliphatic hydroxyl groups is 1. The van der Waals surface area contributed by atoms with Crippen LogP contribution in [0.2, 0.25) is 5.02 Å². The first-order valence-corrected chi connectivity index (χ1v) is 7.27. The van der Waals surface area contributed by atoms with Gasteiger partial charge in [-0.1, -0.05) is 30.5 Å². The number of nitro benzene ring substituents is 1. The Balaban J connectivity index is 2.15. The van der Waals surface area contributed by atoms with Crippen molar-refractivity contribution in [2.24, 2.45) is 0 Å². The lowest BCUT2D eigenvalue weighted by atomic mass is 10.1. The zero-order chi connectivity index (χ0) is 14.5. The average Bonchev–Trinajstić information content (AvgIpc) is 2.65. The topological polar surface area (TPSA) is 66.6 Å². The zero-order valence-corrected chi connectivity index (χ0v) is 12.1. The first kappa shape index (κ1) is 15.2. The van der Waals surface area contributed by atoms with Gasteiger partial charge in [-0.3, -0.25) is 15.0 Å². The van der Waals surface area contributed by atoms with Crippen molar-refractivity contribution in [3.8, 4) is 0 Å². The first-order valence-electron chi connectivity index (χ1n) is 6.89. The molecule has 20 heavy (non-hydrogen) atoms. The van der Waals surface area contributed by atoms with Crippen molar-refractivity contribution in [1.29, 1.82) is 0 Å². The van der Waals surface area contributed by atoms with Crippen molar-refractivity contribution in [2.45, 2.75) is 38.3 Å². The molecule has 0 aromatic heterocycles. The Morgan fingerprint density at radius 3 is 2.90 bits per heavy atom. The van der Waals surface area contributed by atoms with Crippen LogP contribution < -0.4 is 0 Å². The number of hydrogen-bond donors (Lipinski definition) is 1. The summed E-state index contributed by atoms with van der Waals surface area (Å²) in [6.07, 6.45) is 4.38. The Kier molecular flexibility index (Phi) is 5.34. The summed E-state index contributed by atoms with van der Waals surface area (Å²) in [7, 11) is 0. The van der Waals surface area contributed by atoms with Gasteiger partial charge < -0.3 is 5.11 Å². The van der Waals surface area contributed by atoms with E-state index in [0.717, 1.165) is 31.4 Å². The lowest BCUT2D eigenvalue weighted by Crippen LogP contribution is -2.36. The number of benzene rings is 1. The van der Waals surface area contributed by atoms with Crippen LogP contribution >= 0.6 is 11.6 Å². The Labute approximate surface area is 123 Å². The van der Waals surface area contributed by atoms with E-state index in [1.165, 1.54) is 12.5 Å². The van der Waals surface area contributed by atoms with Crippen LogP contribution in [-0.2, 0) is 6.54 Å². The number of nitrogens with zero attached hydrogens (tertiary/aromatic N) is 2. The van der Waals surface area contributed by atoms with Crippen LogP contribution in [0, 0.1) is 10.1 Å². The molecule has 1 N–H and O–H groups in total.